The van der Waals surface area contributed by atoms with E-state index in [2.05, 4.69) is 11.9 Å². The zero-order valence-corrected chi connectivity index (χ0v) is 17.8. The van der Waals surface area contributed by atoms with Crippen LogP contribution in [0.25, 0.3) is 10.9 Å². The van der Waals surface area contributed by atoms with Crippen molar-refractivity contribution < 1.29 is 4.79 Å². The molecule has 5 rings (SSSR count). The number of amidine groups is 1. The lowest BCUT2D eigenvalue weighted by Crippen LogP contribution is -2.32. The Kier molecular flexibility index (Phi) is 4.70. The summed E-state index contributed by atoms with van der Waals surface area (Å²) in [7, 11) is 0. The number of benzene rings is 2. The van der Waals surface area contributed by atoms with Crippen molar-refractivity contribution in [3.63, 3.8) is 0 Å². The van der Waals surface area contributed by atoms with Gasteiger partial charge in [-0.25, -0.2) is 9.98 Å². The number of nitrogens with zero attached hydrogens (tertiary/aromatic N) is 4. The van der Waals surface area contributed by atoms with Crippen LogP contribution < -0.4 is 5.56 Å². The van der Waals surface area contributed by atoms with Crippen LogP contribution in [-0.2, 0) is 13.0 Å². The number of hydrogen-bond acceptors (Lipinski definition) is 5. The van der Waals surface area contributed by atoms with Crippen LogP contribution in [0, 0.1) is 6.92 Å². The Morgan fingerprint density at radius 1 is 1.23 bits per heavy atom. The smallest absolute Gasteiger partial charge is 0.261 e. The normalized spacial score (nSPS) is 19.6. The van der Waals surface area contributed by atoms with Crippen molar-refractivity contribution in [3.05, 3.63) is 69.8 Å². The minimum atomic E-state index is -0.109. The summed E-state index contributed by atoms with van der Waals surface area (Å²) in [6.07, 6.45) is 1.74. The quantitative estimate of drug-likeness (QED) is 0.633. The van der Waals surface area contributed by atoms with Crippen LogP contribution in [0.4, 0.5) is 5.69 Å². The second-order valence-electron chi connectivity index (χ2n) is 7.90. The summed E-state index contributed by atoms with van der Waals surface area (Å²) < 4.78 is 1.75. The van der Waals surface area contributed by atoms with Gasteiger partial charge in [-0.2, -0.15) is 0 Å². The molecule has 1 fully saturated rings. The molecule has 0 saturated carbocycles. The molecule has 7 heteroatoms. The summed E-state index contributed by atoms with van der Waals surface area (Å²) in [5, 5.41) is 1.54. The van der Waals surface area contributed by atoms with Crippen LogP contribution in [-0.4, -0.2) is 37.3 Å². The average molecular weight is 419 g/mol. The van der Waals surface area contributed by atoms with Crippen molar-refractivity contribution >= 4 is 39.4 Å². The molecule has 1 saturated heterocycles. The van der Waals surface area contributed by atoms with Gasteiger partial charge in [0.1, 0.15) is 5.82 Å². The lowest BCUT2D eigenvalue weighted by atomic mass is 10.1. The van der Waals surface area contributed by atoms with Crippen LogP contribution in [0.3, 0.4) is 0 Å². The molecule has 1 amide bonds. The Balaban J connectivity index is 1.52. The predicted octanol–water partition coefficient (Wildman–Crippen LogP) is 3.92. The van der Waals surface area contributed by atoms with E-state index in [0.717, 1.165) is 36.5 Å². The third-order valence-electron chi connectivity index (χ3n) is 5.51. The lowest BCUT2D eigenvalue weighted by molar-refractivity contribution is 0.0855. The van der Waals surface area contributed by atoms with Crippen LogP contribution >= 0.6 is 11.8 Å². The first-order valence-electron chi connectivity index (χ1n) is 10.2. The predicted molar refractivity (Wildman–Crippen MR) is 121 cm³/mol. The Hall–Kier alpha value is -2.93. The largest absolute Gasteiger partial charge is 0.296 e. The summed E-state index contributed by atoms with van der Waals surface area (Å²) in [5.41, 5.74) is 3.08. The molecule has 30 heavy (non-hydrogen) atoms. The zero-order valence-electron chi connectivity index (χ0n) is 17.0. The average Bonchev–Trinajstić information content (AvgIpc) is 3.33. The van der Waals surface area contributed by atoms with Gasteiger partial charge in [0.2, 0.25) is 0 Å². The van der Waals surface area contributed by atoms with E-state index in [-0.39, 0.29) is 16.7 Å². The molecule has 1 aromatic heterocycles. The maximum Gasteiger partial charge on any atom is 0.261 e. The van der Waals surface area contributed by atoms with Crippen molar-refractivity contribution in [1.82, 2.24) is 14.5 Å². The standard InChI is InChI=1S/C23H22N4O2S/c1-14-5-3-6-17(11-14)24-23-27(13-15(2)30-23)21(28)16-8-9-18-19(12-16)25-20-7-4-10-26(20)22(18)29/h3,5-6,8-9,11-12,15H,4,7,10,13H2,1-2H3. The monoisotopic (exact) mass is 418 g/mol. The van der Waals surface area contributed by atoms with Gasteiger partial charge in [0.05, 0.1) is 16.6 Å². The molecule has 0 aliphatic carbocycles. The van der Waals surface area contributed by atoms with E-state index in [0.29, 0.717) is 28.2 Å². The second-order valence-corrected chi connectivity index (χ2v) is 9.30. The number of carbonyl (C=O) groups excluding carboxylic acids is 1. The number of amides is 1. The zero-order chi connectivity index (χ0) is 20.8. The fourth-order valence-electron chi connectivity index (χ4n) is 4.05. The van der Waals surface area contributed by atoms with Gasteiger partial charge in [-0.15, -0.1) is 0 Å². The number of hydrogen-bond donors (Lipinski definition) is 0. The molecule has 0 N–H and O–H groups in total. The van der Waals surface area contributed by atoms with Gasteiger partial charge in [-0.05, 0) is 49.2 Å². The number of aromatic nitrogens is 2. The fourth-order valence-corrected chi connectivity index (χ4v) is 5.08. The lowest BCUT2D eigenvalue weighted by Gasteiger charge is -2.16. The fraction of sp³-hybridized carbons (Fsp3) is 0.304. The topological polar surface area (TPSA) is 67.6 Å². The van der Waals surface area contributed by atoms with Crippen molar-refractivity contribution in [2.75, 3.05) is 6.54 Å². The first-order valence-corrected chi connectivity index (χ1v) is 11.0. The van der Waals surface area contributed by atoms with E-state index in [4.69, 9.17) is 4.99 Å². The summed E-state index contributed by atoms with van der Waals surface area (Å²) in [6.45, 7) is 5.44. The molecular weight excluding hydrogens is 396 g/mol. The van der Waals surface area contributed by atoms with Gasteiger partial charge in [-0.3, -0.25) is 19.1 Å². The molecule has 0 bridgehead atoms. The van der Waals surface area contributed by atoms with Crippen molar-refractivity contribution in [2.45, 2.75) is 38.5 Å². The highest BCUT2D eigenvalue weighted by Gasteiger charge is 2.31. The van der Waals surface area contributed by atoms with Gasteiger partial charge in [0.15, 0.2) is 5.17 Å². The van der Waals surface area contributed by atoms with E-state index in [9.17, 15) is 9.59 Å². The minimum absolute atomic E-state index is 0.0152. The molecule has 3 heterocycles. The first kappa shape index (κ1) is 19.1. The van der Waals surface area contributed by atoms with E-state index in [1.807, 2.05) is 31.2 Å². The maximum atomic E-state index is 13.3. The van der Waals surface area contributed by atoms with Crippen LogP contribution in [0.5, 0.6) is 0 Å². The van der Waals surface area contributed by atoms with E-state index in [1.165, 1.54) is 0 Å². The third-order valence-corrected chi connectivity index (χ3v) is 6.59. The molecule has 3 aromatic rings. The molecule has 1 unspecified atom stereocenters. The molecule has 2 aliphatic heterocycles. The molecule has 2 aliphatic rings. The van der Waals surface area contributed by atoms with Crippen molar-refractivity contribution in [3.8, 4) is 0 Å². The number of fused-ring (bicyclic) bond motifs is 2. The van der Waals surface area contributed by atoms with Gasteiger partial charge in [0, 0.05) is 30.3 Å². The van der Waals surface area contributed by atoms with Crippen LogP contribution in [0.2, 0.25) is 0 Å². The number of thioether (sulfide) groups is 1. The summed E-state index contributed by atoms with van der Waals surface area (Å²) in [5.74, 6) is 0.701. The highest BCUT2D eigenvalue weighted by Crippen LogP contribution is 2.30. The summed E-state index contributed by atoms with van der Waals surface area (Å²) in [6, 6.07) is 13.2. The molecule has 152 valence electrons. The van der Waals surface area contributed by atoms with Crippen LogP contribution in [0.15, 0.2) is 52.3 Å². The number of aliphatic imine (C=N–C) groups is 1. The summed E-state index contributed by atoms with van der Waals surface area (Å²) >= 11 is 1.61. The van der Waals surface area contributed by atoms with Crippen LogP contribution in [0.1, 0.15) is 35.1 Å². The Morgan fingerprint density at radius 3 is 2.93 bits per heavy atom. The highest BCUT2D eigenvalue weighted by molar-refractivity contribution is 8.14. The van der Waals surface area contributed by atoms with E-state index >= 15 is 0 Å². The third kappa shape index (κ3) is 3.33. The Labute approximate surface area is 178 Å². The van der Waals surface area contributed by atoms with Gasteiger partial charge in [-0.1, -0.05) is 30.8 Å². The first-order chi connectivity index (χ1) is 14.5. The molecule has 0 spiro atoms. The number of aryl methyl sites for hydroxylation is 2. The van der Waals surface area contributed by atoms with Gasteiger partial charge >= 0.3 is 0 Å². The second kappa shape index (κ2) is 7.40. The molecule has 2 aromatic carbocycles. The minimum Gasteiger partial charge on any atom is -0.296 e. The van der Waals surface area contributed by atoms with Crippen molar-refractivity contribution in [1.29, 1.82) is 0 Å². The highest BCUT2D eigenvalue weighted by atomic mass is 32.2. The van der Waals surface area contributed by atoms with Gasteiger partial charge < -0.3 is 0 Å². The van der Waals surface area contributed by atoms with Gasteiger partial charge in [0.25, 0.3) is 11.5 Å². The SMILES string of the molecule is Cc1cccc(N=C2SC(C)CN2C(=O)c2ccc3c(=O)n4c(nc3c2)CCC4)c1. The maximum absolute atomic E-state index is 13.3. The van der Waals surface area contributed by atoms with Crippen molar-refractivity contribution in [2.24, 2.45) is 4.99 Å². The molecule has 0 radical (unpaired) electrons. The molecule has 1 atom stereocenters. The van der Waals surface area contributed by atoms with E-state index in [1.54, 1.807) is 39.4 Å². The Bertz CT molecular complexity index is 1260. The molecule has 6 nitrogen and oxygen atoms in total. The Morgan fingerprint density at radius 2 is 2.10 bits per heavy atom. The summed E-state index contributed by atoms with van der Waals surface area (Å²) in [4.78, 5) is 37.2. The number of carbonyl (C=O) groups is 1. The number of rotatable bonds is 2. The molecular formula is C23H22N4O2S. The van der Waals surface area contributed by atoms with E-state index < -0.39 is 0 Å².